The Morgan fingerprint density at radius 3 is 2.43 bits per heavy atom. The molecule has 2 unspecified atom stereocenters. The van der Waals surface area contributed by atoms with E-state index in [1.807, 2.05) is 0 Å². The number of benzene rings is 1. The summed E-state index contributed by atoms with van der Waals surface area (Å²) in [6.45, 7) is 1.01. The van der Waals surface area contributed by atoms with Gasteiger partial charge in [0.25, 0.3) is 0 Å². The molecule has 1 N–H and O–H groups in total. The largest absolute Gasteiger partial charge is 0.481 e. The summed E-state index contributed by atoms with van der Waals surface area (Å²) in [4.78, 5) is 38.9. The molecule has 122 valence electrons. The summed E-state index contributed by atoms with van der Waals surface area (Å²) in [5, 5.41) is 9.61. The Morgan fingerprint density at radius 2 is 1.83 bits per heavy atom. The molecule has 23 heavy (non-hydrogen) atoms. The zero-order valence-corrected chi connectivity index (χ0v) is 13.2. The van der Waals surface area contributed by atoms with Gasteiger partial charge in [0.1, 0.15) is 0 Å². The maximum absolute atomic E-state index is 12.5. The Hall–Kier alpha value is -2.08. The van der Waals surface area contributed by atoms with Crippen molar-refractivity contribution in [2.75, 3.05) is 24.5 Å². The van der Waals surface area contributed by atoms with Crippen molar-refractivity contribution in [1.82, 2.24) is 4.90 Å². The molecule has 2 saturated heterocycles. The second-order valence-corrected chi connectivity index (χ2v) is 6.43. The fourth-order valence-corrected chi connectivity index (χ4v) is 3.29. The minimum absolute atomic E-state index is 0.0975. The van der Waals surface area contributed by atoms with Crippen molar-refractivity contribution in [2.45, 2.75) is 12.8 Å². The van der Waals surface area contributed by atoms with Crippen molar-refractivity contribution in [1.29, 1.82) is 0 Å². The number of likely N-dealkylation sites (tertiary alicyclic amines) is 1. The molecule has 7 heteroatoms. The highest BCUT2D eigenvalue weighted by Gasteiger charge is 2.40. The van der Waals surface area contributed by atoms with E-state index in [9.17, 15) is 14.4 Å². The van der Waals surface area contributed by atoms with Crippen LogP contribution in [0.1, 0.15) is 12.8 Å². The van der Waals surface area contributed by atoms with E-state index >= 15 is 0 Å². The predicted molar refractivity (Wildman–Crippen MR) is 84.2 cm³/mol. The lowest BCUT2D eigenvalue weighted by molar-refractivity contribution is -0.141. The van der Waals surface area contributed by atoms with E-state index in [-0.39, 0.29) is 24.8 Å². The van der Waals surface area contributed by atoms with Gasteiger partial charge in [0.05, 0.1) is 11.8 Å². The molecule has 0 aliphatic carbocycles. The molecule has 0 aromatic heterocycles. The smallest absolute Gasteiger partial charge is 0.308 e. The lowest BCUT2D eigenvalue weighted by atomic mass is 10.1. The van der Waals surface area contributed by atoms with E-state index in [0.29, 0.717) is 24.5 Å². The molecule has 0 saturated carbocycles. The van der Waals surface area contributed by atoms with E-state index in [1.54, 1.807) is 34.1 Å². The van der Waals surface area contributed by atoms with Crippen molar-refractivity contribution < 1.29 is 19.5 Å². The highest BCUT2D eigenvalue weighted by Crippen LogP contribution is 2.29. The fraction of sp³-hybridized carbons (Fsp3) is 0.438. The average Bonchev–Trinajstić information content (AvgIpc) is 3.14. The van der Waals surface area contributed by atoms with Crippen molar-refractivity contribution in [3.63, 3.8) is 0 Å². The summed E-state index contributed by atoms with van der Waals surface area (Å²) < 4.78 is 0. The topological polar surface area (TPSA) is 77.9 Å². The quantitative estimate of drug-likeness (QED) is 0.910. The summed E-state index contributed by atoms with van der Waals surface area (Å²) in [5.74, 6) is -2.00. The molecule has 0 radical (unpaired) electrons. The Morgan fingerprint density at radius 1 is 1.13 bits per heavy atom. The summed E-state index contributed by atoms with van der Waals surface area (Å²) >= 11 is 5.85. The first kappa shape index (κ1) is 15.8. The molecule has 3 rings (SSSR count). The summed E-state index contributed by atoms with van der Waals surface area (Å²) in [5.41, 5.74) is 0.722. The molecule has 2 atom stereocenters. The Bertz CT molecular complexity index is 646. The van der Waals surface area contributed by atoms with Crippen LogP contribution in [-0.4, -0.2) is 47.4 Å². The summed E-state index contributed by atoms with van der Waals surface area (Å²) in [7, 11) is 0. The van der Waals surface area contributed by atoms with Gasteiger partial charge in [-0.3, -0.25) is 14.4 Å². The van der Waals surface area contributed by atoms with E-state index in [1.165, 1.54) is 0 Å². The predicted octanol–water partition coefficient (Wildman–Crippen LogP) is 1.63. The van der Waals surface area contributed by atoms with Crippen LogP contribution in [0.3, 0.4) is 0 Å². The molecule has 2 amide bonds. The van der Waals surface area contributed by atoms with Gasteiger partial charge in [-0.15, -0.1) is 0 Å². The third kappa shape index (κ3) is 3.17. The first-order valence-corrected chi connectivity index (χ1v) is 7.91. The molecule has 1 aromatic carbocycles. The van der Waals surface area contributed by atoms with Gasteiger partial charge in [0.15, 0.2) is 0 Å². The maximum Gasteiger partial charge on any atom is 0.308 e. The van der Waals surface area contributed by atoms with Crippen molar-refractivity contribution in [2.24, 2.45) is 11.8 Å². The Labute approximate surface area is 138 Å². The SMILES string of the molecule is O=C(O)C1CCN(C(=O)C2CC(=O)N(c3ccc(Cl)cc3)C2)C1. The molecular formula is C16H17ClN2O4. The van der Waals surface area contributed by atoms with E-state index in [2.05, 4.69) is 0 Å². The second kappa shape index (κ2) is 6.20. The first-order valence-electron chi connectivity index (χ1n) is 7.53. The van der Waals surface area contributed by atoms with Crippen molar-refractivity contribution >= 4 is 35.1 Å². The lowest BCUT2D eigenvalue weighted by Crippen LogP contribution is -2.36. The number of anilines is 1. The molecule has 0 bridgehead atoms. The van der Waals surface area contributed by atoms with E-state index in [4.69, 9.17) is 16.7 Å². The van der Waals surface area contributed by atoms with Crippen LogP contribution in [0.4, 0.5) is 5.69 Å². The first-order chi connectivity index (χ1) is 11.0. The van der Waals surface area contributed by atoms with Gasteiger partial charge < -0.3 is 14.9 Å². The summed E-state index contributed by atoms with van der Waals surface area (Å²) in [6, 6.07) is 6.92. The zero-order chi connectivity index (χ0) is 16.6. The highest BCUT2D eigenvalue weighted by molar-refractivity contribution is 6.30. The van der Waals surface area contributed by atoms with Gasteiger partial charge in [-0.2, -0.15) is 0 Å². The molecule has 1 aromatic rings. The highest BCUT2D eigenvalue weighted by atomic mass is 35.5. The van der Waals surface area contributed by atoms with E-state index in [0.717, 1.165) is 5.69 Å². The number of carboxylic acid groups (broad SMARTS) is 1. The molecule has 0 spiro atoms. The maximum atomic E-state index is 12.5. The third-order valence-corrected chi connectivity index (χ3v) is 4.71. The van der Waals surface area contributed by atoms with Crippen LogP contribution in [0, 0.1) is 11.8 Å². The zero-order valence-electron chi connectivity index (χ0n) is 12.4. The van der Waals surface area contributed by atoms with Gasteiger partial charge in [0.2, 0.25) is 11.8 Å². The van der Waals surface area contributed by atoms with Gasteiger partial charge in [0, 0.05) is 36.8 Å². The molecule has 2 heterocycles. The minimum Gasteiger partial charge on any atom is -0.481 e. The number of nitrogens with zero attached hydrogens (tertiary/aromatic N) is 2. The Balaban J connectivity index is 1.66. The fourth-order valence-electron chi connectivity index (χ4n) is 3.16. The second-order valence-electron chi connectivity index (χ2n) is 5.99. The number of amides is 2. The number of carboxylic acids is 1. The molecular weight excluding hydrogens is 320 g/mol. The van der Waals surface area contributed by atoms with Gasteiger partial charge in [-0.25, -0.2) is 0 Å². The van der Waals surface area contributed by atoms with Crippen molar-refractivity contribution in [3.8, 4) is 0 Å². The monoisotopic (exact) mass is 336 g/mol. The molecule has 6 nitrogen and oxygen atoms in total. The number of hydrogen-bond acceptors (Lipinski definition) is 3. The lowest BCUT2D eigenvalue weighted by Gasteiger charge is -2.21. The van der Waals surface area contributed by atoms with Crippen LogP contribution in [0.25, 0.3) is 0 Å². The van der Waals surface area contributed by atoms with Crippen LogP contribution in [0.15, 0.2) is 24.3 Å². The van der Waals surface area contributed by atoms with Gasteiger partial charge in [-0.05, 0) is 30.7 Å². The Kier molecular flexibility index (Phi) is 4.26. The number of rotatable bonds is 3. The standard InChI is InChI=1S/C16H17ClN2O4/c17-12-1-3-13(4-2-12)19-9-11(7-14(19)20)15(21)18-6-5-10(8-18)16(22)23/h1-4,10-11H,5-9H2,(H,22,23). The molecule has 2 aliphatic heterocycles. The van der Waals surface area contributed by atoms with Crippen molar-refractivity contribution in [3.05, 3.63) is 29.3 Å². The van der Waals surface area contributed by atoms with Gasteiger partial charge in [-0.1, -0.05) is 11.6 Å². The van der Waals surface area contributed by atoms with Crippen LogP contribution in [0.5, 0.6) is 0 Å². The number of carbonyl (C=O) groups is 3. The summed E-state index contributed by atoms with van der Waals surface area (Å²) in [6.07, 6.45) is 0.637. The van der Waals surface area contributed by atoms with E-state index < -0.39 is 17.8 Å². The van der Waals surface area contributed by atoms with Crippen LogP contribution < -0.4 is 4.90 Å². The normalized spacial score (nSPS) is 24.3. The number of halogens is 1. The molecule has 2 aliphatic rings. The average molecular weight is 337 g/mol. The van der Waals surface area contributed by atoms with Crippen LogP contribution >= 0.6 is 11.6 Å². The third-order valence-electron chi connectivity index (χ3n) is 4.46. The van der Waals surface area contributed by atoms with Gasteiger partial charge >= 0.3 is 5.97 Å². The van der Waals surface area contributed by atoms with Crippen LogP contribution in [0.2, 0.25) is 5.02 Å². The molecule has 2 fully saturated rings. The number of carbonyl (C=O) groups excluding carboxylic acids is 2. The van der Waals surface area contributed by atoms with Crippen LogP contribution in [-0.2, 0) is 14.4 Å². The number of aliphatic carboxylic acids is 1. The minimum atomic E-state index is -0.870. The number of hydrogen-bond donors (Lipinski definition) is 1.